The van der Waals surface area contributed by atoms with Gasteiger partial charge in [-0.05, 0) is 32.0 Å². The number of nitrogens with zero attached hydrogens (tertiary/aromatic N) is 9. The number of carbonyl (C=O) groups is 1. The molecule has 2 unspecified atom stereocenters. The van der Waals surface area contributed by atoms with E-state index in [9.17, 15) is 4.79 Å². The molecular formula is C22H27N9O. The van der Waals surface area contributed by atoms with Crippen molar-refractivity contribution in [1.29, 1.82) is 0 Å². The van der Waals surface area contributed by atoms with Crippen LogP contribution in [-0.4, -0.2) is 81.0 Å². The van der Waals surface area contributed by atoms with Crippen molar-refractivity contribution in [3.63, 3.8) is 0 Å². The third-order valence-corrected chi connectivity index (χ3v) is 6.29. The Hall–Kier alpha value is -3.56. The van der Waals surface area contributed by atoms with Crippen molar-refractivity contribution in [2.45, 2.75) is 13.8 Å². The monoisotopic (exact) mass is 433 g/mol. The molecule has 10 heteroatoms. The van der Waals surface area contributed by atoms with Gasteiger partial charge in [-0.15, -0.1) is 10.2 Å². The third kappa shape index (κ3) is 3.65. The summed E-state index contributed by atoms with van der Waals surface area (Å²) in [5.41, 5.74) is 2.41. The van der Waals surface area contributed by atoms with Gasteiger partial charge in [-0.1, -0.05) is 0 Å². The summed E-state index contributed by atoms with van der Waals surface area (Å²) in [7, 11) is 3.80. The van der Waals surface area contributed by atoms with Crippen LogP contribution in [0.15, 0.2) is 30.6 Å². The first-order chi connectivity index (χ1) is 15.4. The van der Waals surface area contributed by atoms with Gasteiger partial charge in [-0.3, -0.25) is 4.79 Å². The molecule has 0 aliphatic carbocycles. The Morgan fingerprint density at radius 1 is 0.969 bits per heavy atom. The van der Waals surface area contributed by atoms with Crippen LogP contribution in [0.3, 0.4) is 0 Å². The summed E-state index contributed by atoms with van der Waals surface area (Å²) in [6, 6.07) is 7.61. The van der Waals surface area contributed by atoms with Crippen molar-refractivity contribution in [2.24, 2.45) is 11.8 Å². The Morgan fingerprint density at radius 3 is 2.28 bits per heavy atom. The van der Waals surface area contributed by atoms with Crippen molar-refractivity contribution < 1.29 is 4.79 Å². The molecule has 10 nitrogen and oxygen atoms in total. The summed E-state index contributed by atoms with van der Waals surface area (Å²) in [6.07, 6.45) is 1.60. The molecule has 1 amide bonds. The van der Waals surface area contributed by atoms with Gasteiger partial charge >= 0.3 is 0 Å². The molecule has 2 aliphatic rings. The van der Waals surface area contributed by atoms with Crippen LogP contribution in [0.2, 0.25) is 0 Å². The van der Waals surface area contributed by atoms with Crippen molar-refractivity contribution in [2.75, 3.05) is 50.1 Å². The number of aromatic nitrogens is 6. The summed E-state index contributed by atoms with van der Waals surface area (Å²) >= 11 is 0. The largest absolute Gasteiger partial charge is 0.361 e. The molecule has 3 aromatic rings. The number of hydrogen-bond donors (Lipinski definition) is 0. The summed E-state index contributed by atoms with van der Waals surface area (Å²) < 4.78 is 1.85. The highest BCUT2D eigenvalue weighted by Crippen LogP contribution is 2.34. The van der Waals surface area contributed by atoms with Gasteiger partial charge < -0.3 is 14.7 Å². The van der Waals surface area contributed by atoms with Crippen LogP contribution in [0.25, 0.3) is 5.82 Å². The highest BCUT2D eigenvalue weighted by Gasteiger charge is 2.42. The van der Waals surface area contributed by atoms with Gasteiger partial charge in [0.1, 0.15) is 12.1 Å². The fourth-order valence-corrected chi connectivity index (χ4v) is 4.67. The van der Waals surface area contributed by atoms with E-state index in [-0.39, 0.29) is 5.91 Å². The number of fused-ring (bicyclic) bond motifs is 1. The third-order valence-electron chi connectivity index (χ3n) is 6.29. The predicted octanol–water partition coefficient (Wildman–Crippen LogP) is 1.34. The number of anilines is 2. The molecule has 32 heavy (non-hydrogen) atoms. The van der Waals surface area contributed by atoms with E-state index in [2.05, 4.69) is 30.2 Å². The molecule has 0 bridgehead atoms. The van der Waals surface area contributed by atoms with E-state index < -0.39 is 0 Å². The number of aryl methyl sites for hydroxylation is 2. The van der Waals surface area contributed by atoms with Crippen molar-refractivity contribution in [1.82, 2.24) is 34.8 Å². The molecule has 2 saturated heterocycles. The Balaban J connectivity index is 1.25. The minimum absolute atomic E-state index is 0.0439. The molecule has 0 saturated carbocycles. The summed E-state index contributed by atoms with van der Waals surface area (Å²) in [4.78, 5) is 27.9. The number of carbonyl (C=O) groups excluding carboxylic acids is 1. The summed E-state index contributed by atoms with van der Waals surface area (Å²) in [5, 5.41) is 12.8. The average Bonchev–Trinajstić information content (AvgIpc) is 3.46. The molecule has 2 fully saturated rings. The maximum absolute atomic E-state index is 12.9. The van der Waals surface area contributed by atoms with Crippen LogP contribution < -0.4 is 9.80 Å². The quantitative estimate of drug-likeness (QED) is 0.608. The van der Waals surface area contributed by atoms with E-state index in [0.717, 1.165) is 55.0 Å². The van der Waals surface area contributed by atoms with Crippen LogP contribution in [-0.2, 0) is 0 Å². The van der Waals surface area contributed by atoms with Gasteiger partial charge in [0.25, 0.3) is 5.91 Å². The minimum atomic E-state index is -0.0439. The zero-order valence-corrected chi connectivity index (χ0v) is 18.8. The maximum atomic E-state index is 12.9. The smallest absolute Gasteiger partial charge is 0.274 e. The van der Waals surface area contributed by atoms with E-state index in [1.807, 2.05) is 60.6 Å². The summed E-state index contributed by atoms with van der Waals surface area (Å²) in [5.74, 6) is 3.20. The van der Waals surface area contributed by atoms with Crippen LogP contribution in [0.1, 0.15) is 21.9 Å². The molecule has 166 valence electrons. The lowest BCUT2D eigenvalue weighted by Gasteiger charge is -2.22. The first kappa shape index (κ1) is 20.3. The predicted molar refractivity (Wildman–Crippen MR) is 120 cm³/mol. The molecule has 0 spiro atoms. The standard InChI is InChI=1S/C22H27N9O/c1-14-7-15(2)31(27-14)21-8-20(23-13-24-21)29-9-16-11-30(12-17(16)10-29)22(32)18-5-6-19(26-25-18)28(3)4/h5-8,13,16-17H,9-12H2,1-4H3. The highest BCUT2D eigenvalue weighted by atomic mass is 16.2. The minimum Gasteiger partial charge on any atom is -0.361 e. The van der Waals surface area contributed by atoms with Gasteiger partial charge in [-0.25, -0.2) is 14.6 Å². The fraction of sp³-hybridized carbons (Fsp3) is 0.455. The van der Waals surface area contributed by atoms with Crippen molar-refractivity contribution >= 4 is 17.5 Å². The zero-order valence-electron chi connectivity index (χ0n) is 18.8. The molecule has 2 aliphatic heterocycles. The summed E-state index contributed by atoms with van der Waals surface area (Å²) in [6.45, 7) is 7.19. The van der Waals surface area contributed by atoms with Gasteiger partial charge in [0.2, 0.25) is 0 Å². The molecule has 5 heterocycles. The van der Waals surface area contributed by atoms with Gasteiger partial charge in [0.15, 0.2) is 17.3 Å². The molecule has 3 aromatic heterocycles. The van der Waals surface area contributed by atoms with Crippen LogP contribution in [0.4, 0.5) is 11.6 Å². The lowest BCUT2D eigenvalue weighted by molar-refractivity contribution is 0.0775. The topological polar surface area (TPSA) is 96.2 Å². The van der Waals surface area contributed by atoms with Crippen LogP contribution in [0.5, 0.6) is 0 Å². The van der Waals surface area contributed by atoms with Gasteiger partial charge in [0.05, 0.1) is 5.69 Å². The second-order valence-electron chi connectivity index (χ2n) is 8.88. The van der Waals surface area contributed by atoms with Crippen LogP contribution >= 0.6 is 0 Å². The van der Waals surface area contributed by atoms with Crippen molar-refractivity contribution in [3.05, 3.63) is 47.7 Å². The Labute approximate surface area is 186 Å². The molecule has 0 radical (unpaired) electrons. The molecule has 5 rings (SSSR count). The molecule has 0 N–H and O–H groups in total. The van der Waals surface area contributed by atoms with Gasteiger partial charge in [0, 0.05) is 63.9 Å². The second-order valence-corrected chi connectivity index (χ2v) is 8.88. The molecule has 2 atom stereocenters. The number of amides is 1. The number of likely N-dealkylation sites (tertiary alicyclic amines) is 1. The number of hydrogen-bond acceptors (Lipinski definition) is 8. The molecule has 0 aromatic carbocycles. The van der Waals surface area contributed by atoms with Crippen molar-refractivity contribution in [3.8, 4) is 5.82 Å². The van der Waals surface area contributed by atoms with E-state index >= 15 is 0 Å². The highest BCUT2D eigenvalue weighted by molar-refractivity contribution is 5.92. The number of rotatable bonds is 4. The lowest BCUT2D eigenvalue weighted by atomic mass is 10.0. The fourth-order valence-electron chi connectivity index (χ4n) is 4.67. The average molecular weight is 434 g/mol. The zero-order chi connectivity index (χ0) is 22.4. The molecular weight excluding hydrogens is 406 g/mol. The Bertz CT molecular complexity index is 1130. The Kier molecular flexibility index (Phi) is 4.99. The maximum Gasteiger partial charge on any atom is 0.274 e. The first-order valence-electron chi connectivity index (χ1n) is 10.8. The van der Waals surface area contributed by atoms with Gasteiger partial charge in [-0.2, -0.15) is 5.10 Å². The Morgan fingerprint density at radius 2 is 1.69 bits per heavy atom. The second kappa shape index (κ2) is 7.85. The van der Waals surface area contributed by atoms with Crippen LogP contribution in [0, 0.1) is 25.7 Å². The van der Waals surface area contributed by atoms with E-state index in [1.54, 1.807) is 12.4 Å². The van der Waals surface area contributed by atoms with E-state index in [1.165, 1.54) is 0 Å². The van der Waals surface area contributed by atoms with E-state index in [4.69, 9.17) is 0 Å². The normalized spacial score (nSPS) is 20.0. The lowest BCUT2D eigenvalue weighted by Crippen LogP contribution is -2.34. The first-order valence-corrected chi connectivity index (χ1v) is 10.8. The van der Waals surface area contributed by atoms with E-state index in [0.29, 0.717) is 17.5 Å². The SMILES string of the molecule is Cc1cc(C)n(-c2cc(N3CC4CN(C(=O)c5ccc(N(C)C)nn5)CC4C3)ncn2)n1.